The average Bonchev–Trinajstić information content (AvgIpc) is 2.48. The van der Waals surface area contributed by atoms with Crippen LogP contribution in [-0.4, -0.2) is 17.1 Å². The number of para-hydroxylation sites is 1. The summed E-state index contributed by atoms with van der Waals surface area (Å²) in [5.74, 6) is -0.900. The summed E-state index contributed by atoms with van der Waals surface area (Å²) in [4.78, 5) is 14.6. The van der Waals surface area contributed by atoms with E-state index in [1.54, 1.807) is 24.3 Å². The van der Waals surface area contributed by atoms with Gasteiger partial charge in [-0.25, -0.2) is 9.64 Å². The summed E-state index contributed by atoms with van der Waals surface area (Å²) >= 11 is 0. The zero-order valence-electron chi connectivity index (χ0n) is 10.8. The molecule has 4 heteroatoms. The van der Waals surface area contributed by atoms with Gasteiger partial charge in [0.15, 0.2) is 5.69 Å². The maximum Gasteiger partial charge on any atom is 0.326 e. The molecule has 2 aromatic carbocycles. The lowest BCUT2D eigenvalue weighted by Gasteiger charge is -2.15. The van der Waals surface area contributed by atoms with Gasteiger partial charge in [0.1, 0.15) is 6.04 Å². The van der Waals surface area contributed by atoms with Crippen molar-refractivity contribution in [2.75, 3.05) is 5.32 Å². The Balaban J connectivity index is 2.09. The molecule has 1 atom stereocenters. The molecule has 100 valence electrons. The number of hydrogen-bond acceptors (Lipinski definition) is 2. The summed E-state index contributed by atoms with van der Waals surface area (Å²) in [6.45, 7) is 6.89. The first-order chi connectivity index (χ1) is 9.69. The summed E-state index contributed by atoms with van der Waals surface area (Å²) in [6, 6.07) is 15.5. The van der Waals surface area contributed by atoms with Crippen LogP contribution in [0.5, 0.6) is 0 Å². The lowest BCUT2D eigenvalue weighted by molar-refractivity contribution is -0.137. The minimum atomic E-state index is -0.900. The number of carbonyl (C=O) groups is 1. The van der Waals surface area contributed by atoms with Crippen LogP contribution in [0.25, 0.3) is 4.85 Å². The van der Waals surface area contributed by atoms with Gasteiger partial charge in [-0.2, -0.15) is 0 Å². The third kappa shape index (κ3) is 3.59. The topological polar surface area (TPSA) is 53.7 Å². The van der Waals surface area contributed by atoms with Crippen molar-refractivity contribution in [2.45, 2.75) is 12.5 Å². The fourth-order valence-electron chi connectivity index (χ4n) is 1.88. The van der Waals surface area contributed by atoms with Crippen LogP contribution >= 0.6 is 0 Å². The Morgan fingerprint density at radius 2 is 1.80 bits per heavy atom. The Bertz CT molecular complexity index is 615. The second-order valence-corrected chi connectivity index (χ2v) is 4.38. The van der Waals surface area contributed by atoms with Crippen LogP contribution in [0.15, 0.2) is 54.6 Å². The molecule has 20 heavy (non-hydrogen) atoms. The van der Waals surface area contributed by atoms with Crippen molar-refractivity contribution in [1.29, 1.82) is 0 Å². The number of rotatable bonds is 5. The van der Waals surface area contributed by atoms with Crippen LogP contribution < -0.4 is 5.32 Å². The van der Waals surface area contributed by atoms with Crippen LogP contribution in [-0.2, 0) is 11.2 Å². The normalized spacial score (nSPS) is 11.3. The molecular weight excluding hydrogens is 252 g/mol. The number of carboxylic acid groups (broad SMARTS) is 1. The highest BCUT2D eigenvalue weighted by Gasteiger charge is 2.17. The Kier molecular flexibility index (Phi) is 4.35. The number of nitrogens with zero attached hydrogens (tertiary/aromatic N) is 1. The largest absolute Gasteiger partial charge is 0.480 e. The van der Waals surface area contributed by atoms with Gasteiger partial charge in [-0.3, -0.25) is 0 Å². The molecule has 0 aliphatic rings. The van der Waals surface area contributed by atoms with Crippen LogP contribution in [0.1, 0.15) is 5.56 Å². The predicted molar refractivity (Wildman–Crippen MR) is 77.9 cm³/mol. The Morgan fingerprint density at radius 1 is 1.15 bits per heavy atom. The number of carboxylic acids is 1. The van der Waals surface area contributed by atoms with Gasteiger partial charge in [-0.1, -0.05) is 42.5 Å². The average molecular weight is 266 g/mol. The summed E-state index contributed by atoms with van der Waals surface area (Å²) in [5.41, 5.74) is 2.21. The fourth-order valence-corrected chi connectivity index (χ4v) is 1.88. The molecule has 4 nitrogen and oxygen atoms in total. The molecular formula is C16H14N2O2. The van der Waals surface area contributed by atoms with Gasteiger partial charge < -0.3 is 10.4 Å². The fraction of sp³-hybridized carbons (Fsp3) is 0.125. The van der Waals surface area contributed by atoms with E-state index in [0.717, 1.165) is 11.3 Å². The molecule has 2 rings (SSSR count). The SMILES string of the molecule is [C-]#[N+]c1ccc(CC(Nc2ccccc2)C(=O)O)cc1. The molecule has 0 aromatic heterocycles. The molecule has 0 spiro atoms. The number of aliphatic carboxylic acids is 1. The smallest absolute Gasteiger partial charge is 0.326 e. The summed E-state index contributed by atoms with van der Waals surface area (Å²) < 4.78 is 0. The zero-order valence-corrected chi connectivity index (χ0v) is 10.8. The van der Waals surface area contributed by atoms with Gasteiger partial charge in [0.2, 0.25) is 0 Å². The molecule has 0 fully saturated rings. The van der Waals surface area contributed by atoms with Gasteiger partial charge >= 0.3 is 5.97 Å². The molecule has 1 unspecified atom stereocenters. The van der Waals surface area contributed by atoms with E-state index in [1.165, 1.54) is 0 Å². The second kappa shape index (κ2) is 6.39. The first-order valence-electron chi connectivity index (χ1n) is 6.20. The molecule has 0 saturated heterocycles. The van der Waals surface area contributed by atoms with E-state index < -0.39 is 12.0 Å². The van der Waals surface area contributed by atoms with Crippen molar-refractivity contribution in [3.63, 3.8) is 0 Å². The standard InChI is InChI=1S/C16H14N2O2/c1-17-13-9-7-12(8-10-13)11-15(16(19)20)18-14-5-3-2-4-6-14/h2-10,15,18H,11H2,(H,19,20). The minimum Gasteiger partial charge on any atom is -0.480 e. The van der Waals surface area contributed by atoms with Crippen molar-refractivity contribution in [1.82, 2.24) is 0 Å². The highest BCUT2D eigenvalue weighted by atomic mass is 16.4. The maximum atomic E-state index is 11.3. The third-order valence-corrected chi connectivity index (χ3v) is 2.92. The summed E-state index contributed by atoms with van der Waals surface area (Å²) in [5, 5.41) is 12.3. The first-order valence-corrected chi connectivity index (χ1v) is 6.20. The van der Waals surface area contributed by atoms with Crippen molar-refractivity contribution in [3.8, 4) is 0 Å². The number of hydrogen-bond donors (Lipinski definition) is 2. The minimum absolute atomic E-state index is 0.364. The van der Waals surface area contributed by atoms with Crippen LogP contribution in [0.3, 0.4) is 0 Å². The van der Waals surface area contributed by atoms with Gasteiger partial charge in [-0.15, -0.1) is 0 Å². The van der Waals surface area contributed by atoms with Crippen LogP contribution in [0.4, 0.5) is 11.4 Å². The zero-order chi connectivity index (χ0) is 14.4. The molecule has 0 heterocycles. The molecule has 0 radical (unpaired) electrons. The molecule has 0 amide bonds. The van der Waals surface area contributed by atoms with Crippen molar-refractivity contribution < 1.29 is 9.90 Å². The van der Waals surface area contributed by atoms with Gasteiger partial charge in [-0.05, 0) is 17.7 Å². The summed E-state index contributed by atoms with van der Waals surface area (Å²) in [6.07, 6.45) is 0.364. The molecule has 2 aromatic rings. The predicted octanol–water partition coefficient (Wildman–Crippen LogP) is 3.35. The van der Waals surface area contributed by atoms with Crippen molar-refractivity contribution in [2.24, 2.45) is 0 Å². The number of nitrogens with one attached hydrogen (secondary N) is 1. The van der Waals surface area contributed by atoms with E-state index in [9.17, 15) is 9.90 Å². The highest BCUT2D eigenvalue weighted by molar-refractivity contribution is 5.77. The quantitative estimate of drug-likeness (QED) is 0.816. The lowest BCUT2D eigenvalue weighted by Crippen LogP contribution is -2.31. The molecule has 0 aliphatic heterocycles. The number of anilines is 1. The Labute approximate surface area is 117 Å². The first kappa shape index (κ1) is 13.6. The Hall–Kier alpha value is -2.80. The molecule has 0 saturated carbocycles. The van der Waals surface area contributed by atoms with E-state index in [-0.39, 0.29) is 0 Å². The van der Waals surface area contributed by atoms with E-state index in [0.29, 0.717) is 12.1 Å². The van der Waals surface area contributed by atoms with E-state index in [4.69, 9.17) is 6.57 Å². The highest BCUT2D eigenvalue weighted by Crippen LogP contribution is 2.15. The molecule has 0 bridgehead atoms. The monoisotopic (exact) mass is 266 g/mol. The van der Waals surface area contributed by atoms with Gasteiger partial charge in [0.05, 0.1) is 6.57 Å². The van der Waals surface area contributed by atoms with Crippen molar-refractivity contribution in [3.05, 3.63) is 71.6 Å². The van der Waals surface area contributed by atoms with Gasteiger partial charge in [0.25, 0.3) is 0 Å². The van der Waals surface area contributed by atoms with Crippen LogP contribution in [0, 0.1) is 6.57 Å². The molecule has 2 N–H and O–H groups in total. The summed E-state index contributed by atoms with van der Waals surface area (Å²) in [7, 11) is 0. The second-order valence-electron chi connectivity index (χ2n) is 4.38. The van der Waals surface area contributed by atoms with Gasteiger partial charge in [0, 0.05) is 12.1 Å². The van der Waals surface area contributed by atoms with E-state index in [2.05, 4.69) is 10.2 Å². The maximum absolute atomic E-state index is 11.3. The number of benzene rings is 2. The third-order valence-electron chi connectivity index (χ3n) is 2.92. The van der Waals surface area contributed by atoms with Crippen LogP contribution in [0.2, 0.25) is 0 Å². The lowest BCUT2D eigenvalue weighted by atomic mass is 10.1. The Morgan fingerprint density at radius 3 is 2.35 bits per heavy atom. The molecule has 0 aliphatic carbocycles. The van der Waals surface area contributed by atoms with E-state index in [1.807, 2.05) is 30.3 Å². The van der Waals surface area contributed by atoms with Crippen molar-refractivity contribution >= 4 is 17.3 Å². The van der Waals surface area contributed by atoms with E-state index >= 15 is 0 Å².